The highest BCUT2D eigenvalue weighted by Gasteiger charge is 2.18. The number of ether oxygens (including phenoxy) is 1. The molecule has 4 aromatic heterocycles. The molecule has 0 aliphatic rings. The third-order valence-corrected chi connectivity index (χ3v) is 4.67. The second-order valence-electron chi connectivity index (χ2n) is 6.78. The zero-order chi connectivity index (χ0) is 20.1. The van der Waals surface area contributed by atoms with Gasteiger partial charge in [0.05, 0.1) is 5.52 Å². The molecular weight excluding hydrogens is 366 g/mol. The van der Waals surface area contributed by atoms with Crippen molar-refractivity contribution < 1.29 is 9.53 Å². The van der Waals surface area contributed by atoms with Gasteiger partial charge in [-0.1, -0.05) is 12.1 Å². The molecule has 0 bridgehead atoms. The van der Waals surface area contributed by atoms with Crippen molar-refractivity contribution in [3.63, 3.8) is 0 Å². The van der Waals surface area contributed by atoms with Gasteiger partial charge in [0, 0.05) is 63.4 Å². The van der Waals surface area contributed by atoms with E-state index in [1.54, 1.807) is 13.3 Å². The van der Waals surface area contributed by atoms with Gasteiger partial charge in [0.2, 0.25) is 0 Å². The molecule has 7 heteroatoms. The van der Waals surface area contributed by atoms with E-state index in [-0.39, 0.29) is 5.91 Å². The minimum absolute atomic E-state index is 0.175. The second-order valence-corrected chi connectivity index (χ2v) is 6.78. The predicted molar refractivity (Wildman–Crippen MR) is 111 cm³/mol. The zero-order valence-electron chi connectivity index (χ0n) is 16.3. The number of hydrogen-bond donors (Lipinski definition) is 1. The number of nitrogens with zero attached hydrogens (tertiary/aromatic N) is 4. The van der Waals surface area contributed by atoms with Crippen LogP contribution in [-0.4, -0.2) is 45.1 Å². The maximum absolute atomic E-state index is 12.7. The number of nitrogens with one attached hydrogen (secondary N) is 1. The summed E-state index contributed by atoms with van der Waals surface area (Å²) in [6, 6.07) is 11.7. The largest absolute Gasteiger partial charge is 0.385 e. The molecule has 0 fully saturated rings. The number of rotatable bonds is 8. The van der Waals surface area contributed by atoms with E-state index in [2.05, 4.69) is 19.9 Å². The normalized spacial score (nSPS) is 11.1. The Bertz CT molecular complexity index is 1100. The Morgan fingerprint density at radius 1 is 1.17 bits per heavy atom. The van der Waals surface area contributed by atoms with Crippen LogP contribution in [0.2, 0.25) is 0 Å². The summed E-state index contributed by atoms with van der Waals surface area (Å²) in [4.78, 5) is 21.5. The topological polar surface area (TPSA) is 73.4 Å². The van der Waals surface area contributed by atoms with Crippen LogP contribution in [0.15, 0.2) is 67.4 Å². The van der Waals surface area contributed by atoms with Crippen LogP contribution in [0.25, 0.3) is 16.9 Å². The average molecular weight is 389 g/mol. The summed E-state index contributed by atoms with van der Waals surface area (Å²) >= 11 is 0. The summed E-state index contributed by atoms with van der Waals surface area (Å²) < 4.78 is 9.07. The molecule has 4 heterocycles. The standard InChI is InChI=1S/C22H23N5O2/c1-29-13-5-10-24-22(28)20-19-7-2-3-11-27(19)21(25-20)18-8-12-26(16-18)15-17-6-4-9-23-14-17/h2-4,6-9,11-12,14,16H,5,10,13,15H2,1H3,(H,24,28). The molecule has 1 amide bonds. The minimum Gasteiger partial charge on any atom is -0.385 e. The number of pyridine rings is 2. The van der Waals surface area contributed by atoms with Gasteiger partial charge >= 0.3 is 0 Å². The molecule has 0 unspecified atom stereocenters. The van der Waals surface area contributed by atoms with E-state index < -0.39 is 0 Å². The second kappa shape index (κ2) is 8.70. The minimum atomic E-state index is -0.175. The zero-order valence-corrected chi connectivity index (χ0v) is 16.3. The fourth-order valence-electron chi connectivity index (χ4n) is 3.28. The van der Waals surface area contributed by atoms with Gasteiger partial charge in [-0.15, -0.1) is 0 Å². The van der Waals surface area contributed by atoms with Crippen molar-refractivity contribution in [2.45, 2.75) is 13.0 Å². The molecule has 0 radical (unpaired) electrons. The van der Waals surface area contributed by atoms with Crippen molar-refractivity contribution in [1.29, 1.82) is 0 Å². The lowest BCUT2D eigenvalue weighted by molar-refractivity contribution is 0.0946. The highest BCUT2D eigenvalue weighted by molar-refractivity contribution is 6.00. The molecule has 0 spiro atoms. The average Bonchev–Trinajstić information content (AvgIpc) is 3.36. The van der Waals surface area contributed by atoms with Crippen molar-refractivity contribution in [3.8, 4) is 11.4 Å². The maximum atomic E-state index is 12.7. The Kier molecular flexibility index (Phi) is 5.67. The number of imidazole rings is 1. The third kappa shape index (κ3) is 4.20. The maximum Gasteiger partial charge on any atom is 0.272 e. The van der Waals surface area contributed by atoms with Gasteiger partial charge in [0.1, 0.15) is 5.82 Å². The Morgan fingerprint density at radius 3 is 2.93 bits per heavy atom. The van der Waals surface area contributed by atoms with E-state index in [0.29, 0.717) is 18.8 Å². The Morgan fingerprint density at radius 2 is 2.10 bits per heavy atom. The van der Waals surface area contributed by atoms with E-state index in [0.717, 1.165) is 35.4 Å². The van der Waals surface area contributed by atoms with E-state index in [9.17, 15) is 4.79 Å². The molecule has 4 rings (SSSR count). The van der Waals surface area contributed by atoms with E-state index in [4.69, 9.17) is 4.74 Å². The number of carbonyl (C=O) groups is 1. The van der Waals surface area contributed by atoms with Crippen LogP contribution in [0.5, 0.6) is 0 Å². The molecule has 0 saturated heterocycles. The summed E-state index contributed by atoms with van der Waals surface area (Å²) in [6.45, 7) is 1.89. The highest BCUT2D eigenvalue weighted by Crippen LogP contribution is 2.23. The van der Waals surface area contributed by atoms with Crippen LogP contribution >= 0.6 is 0 Å². The van der Waals surface area contributed by atoms with Crippen LogP contribution in [0.4, 0.5) is 0 Å². The Balaban J connectivity index is 1.60. The summed E-state index contributed by atoms with van der Waals surface area (Å²) in [5, 5.41) is 2.92. The van der Waals surface area contributed by atoms with Crippen LogP contribution in [0, 0.1) is 0 Å². The smallest absolute Gasteiger partial charge is 0.272 e. The first-order chi connectivity index (χ1) is 14.3. The van der Waals surface area contributed by atoms with Crippen LogP contribution < -0.4 is 5.32 Å². The van der Waals surface area contributed by atoms with Crippen molar-refractivity contribution in [2.75, 3.05) is 20.3 Å². The third-order valence-electron chi connectivity index (χ3n) is 4.67. The SMILES string of the molecule is COCCCNC(=O)c1nc(-c2ccn(Cc3cccnc3)c2)n2ccccc12. The molecule has 4 aromatic rings. The highest BCUT2D eigenvalue weighted by atomic mass is 16.5. The number of hydrogen-bond acceptors (Lipinski definition) is 4. The molecule has 1 N–H and O–H groups in total. The molecular formula is C22H23N5O2. The summed E-state index contributed by atoms with van der Waals surface area (Å²) in [6.07, 6.45) is 10.4. The number of carbonyl (C=O) groups excluding carboxylic acids is 1. The molecule has 0 aromatic carbocycles. The predicted octanol–water partition coefficient (Wildman–Crippen LogP) is 3.01. The van der Waals surface area contributed by atoms with Crippen molar-refractivity contribution in [3.05, 3.63) is 78.6 Å². The molecule has 148 valence electrons. The van der Waals surface area contributed by atoms with Crippen LogP contribution in [-0.2, 0) is 11.3 Å². The lowest BCUT2D eigenvalue weighted by atomic mass is 10.3. The first-order valence-corrected chi connectivity index (χ1v) is 9.55. The summed E-state index contributed by atoms with van der Waals surface area (Å²) in [5.41, 5.74) is 3.29. The summed E-state index contributed by atoms with van der Waals surface area (Å²) in [5.74, 6) is 0.568. The van der Waals surface area contributed by atoms with Crippen LogP contribution in [0.3, 0.4) is 0 Å². The van der Waals surface area contributed by atoms with Gasteiger partial charge in [0.25, 0.3) is 5.91 Å². The lowest BCUT2D eigenvalue weighted by Crippen LogP contribution is -2.25. The van der Waals surface area contributed by atoms with Crippen molar-refractivity contribution in [1.82, 2.24) is 24.3 Å². The Hall–Kier alpha value is -3.45. The van der Waals surface area contributed by atoms with Gasteiger partial charge in [-0.2, -0.15) is 0 Å². The first-order valence-electron chi connectivity index (χ1n) is 9.55. The number of amides is 1. The van der Waals surface area contributed by atoms with Crippen molar-refractivity contribution >= 4 is 11.4 Å². The van der Waals surface area contributed by atoms with E-state index in [1.807, 2.05) is 65.6 Å². The van der Waals surface area contributed by atoms with Gasteiger partial charge in [0.15, 0.2) is 5.69 Å². The number of fused-ring (bicyclic) bond motifs is 1. The summed E-state index contributed by atoms with van der Waals surface area (Å²) in [7, 11) is 1.65. The molecule has 29 heavy (non-hydrogen) atoms. The molecule has 0 atom stereocenters. The van der Waals surface area contributed by atoms with Crippen molar-refractivity contribution in [2.24, 2.45) is 0 Å². The molecule has 7 nitrogen and oxygen atoms in total. The fraction of sp³-hybridized carbons (Fsp3) is 0.227. The number of aromatic nitrogens is 4. The fourth-order valence-corrected chi connectivity index (χ4v) is 3.28. The monoisotopic (exact) mass is 389 g/mol. The quantitative estimate of drug-likeness (QED) is 0.470. The van der Waals surface area contributed by atoms with Gasteiger partial charge in [-0.3, -0.25) is 14.2 Å². The van der Waals surface area contributed by atoms with E-state index in [1.165, 1.54) is 0 Å². The van der Waals surface area contributed by atoms with Crippen LogP contribution in [0.1, 0.15) is 22.5 Å². The first kappa shape index (κ1) is 18.9. The van der Waals surface area contributed by atoms with E-state index >= 15 is 0 Å². The number of methoxy groups -OCH3 is 1. The van der Waals surface area contributed by atoms with Gasteiger partial charge in [-0.05, 0) is 36.2 Å². The Labute approximate surface area is 169 Å². The molecule has 0 saturated carbocycles. The van der Waals surface area contributed by atoms with Gasteiger partial charge in [-0.25, -0.2) is 4.98 Å². The lowest BCUT2D eigenvalue weighted by Gasteiger charge is -2.02. The molecule has 0 aliphatic carbocycles. The van der Waals surface area contributed by atoms with Gasteiger partial charge < -0.3 is 14.6 Å². The molecule has 0 aliphatic heterocycles.